The summed E-state index contributed by atoms with van der Waals surface area (Å²) in [7, 11) is 1.78. The lowest BCUT2D eigenvalue weighted by Crippen LogP contribution is -2.38. The lowest BCUT2D eigenvalue weighted by molar-refractivity contribution is 0.110. The summed E-state index contributed by atoms with van der Waals surface area (Å²) >= 11 is 0. The summed E-state index contributed by atoms with van der Waals surface area (Å²) in [5, 5.41) is 3.58. The molecule has 14 heavy (non-hydrogen) atoms. The first-order chi connectivity index (χ1) is 6.74. The van der Waals surface area contributed by atoms with Crippen LogP contribution in [0.5, 0.6) is 0 Å². The Morgan fingerprint density at radius 2 is 1.86 bits per heavy atom. The number of hydrogen-bond donors (Lipinski definition) is 1. The maximum atomic E-state index is 5.23. The monoisotopic (exact) mass is 199 g/mol. The van der Waals surface area contributed by atoms with Gasteiger partial charge in [0.1, 0.15) is 0 Å². The highest BCUT2D eigenvalue weighted by Gasteiger charge is 2.19. The number of methoxy groups -OCH3 is 1. The number of nitrogens with one attached hydrogen (secondary N) is 1. The number of hydrogen-bond acceptors (Lipinski definition) is 2. The molecule has 2 heteroatoms. The van der Waals surface area contributed by atoms with Gasteiger partial charge in [0.05, 0.1) is 6.10 Å². The molecule has 0 amide bonds. The third-order valence-electron chi connectivity index (χ3n) is 3.49. The molecule has 2 atom stereocenters. The quantitative estimate of drug-likeness (QED) is 0.735. The van der Waals surface area contributed by atoms with Crippen molar-refractivity contribution in [2.45, 2.75) is 58.1 Å². The Hall–Kier alpha value is -0.0800. The van der Waals surface area contributed by atoms with Crippen LogP contribution in [-0.2, 0) is 4.74 Å². The SMILES string of the molecule is COC(C)CN[C@H](C)C1CCCCC1. The molecule has 0 aromatic rings. The van der Waals surface area contributed by atoms with Crippen molar-refractivity contribution in [2.24, 2.45) is 5.92 Å². The predicted octanol–water partition coefficient (Wildman–Crippen LogP) is 2.58. The van der Waals surface area contributed by atoms with E-state index in [1.54, 1.807) is 7.11 Å². The molecule has 1 saturated carbocycles. The minimum atomic E-state index is 0.334. The van der Waals surface area contributed by atoms with Gasteiger partial charge in [0.25, 0.3) is 0 Å². The van der Waals surface area contributed by atoms with Crippen LogP contribution in [0.2, 0.25) is 0 Å². The van der Waals surface area contributed by atoms with Crippen LogP contribution < -0.4 is 5.32 Å². The fourth-order valence-electron chi connectivity index (χ4n) is 2.24. The summed E-state index contributed by atoms with van der Waals surface area (Å²) in [6, 6.07) is 0.660. The molecule has 0 saturated heterocycles. The fraction of sp³-hybridized carbons (Fsp3) is 1.00. The molecule has 0 aliphatic heterocycles. The average molecular weight is 199 g/mol. The summed E-state index contributed by atoms with van der Waals surface area (Å²) in [6.07, 6.45) is 7.46. The second kappa shape index (κ2) is 6.41. The molecule has 1 aliphatic rings. The maximum Gasteiger partial charge on any atom is 0.0667 e. The van der Waals surface area contributed by atoms with E-state index in [2.05, 4.69) is 19.2 Å². The van der Waals surface area contributed by atoms with Crippen molar-refractivity contribution in [1.82, 2.24) is 5.32 Å². The Balaban J connectivity index is 2.16. The van der Waals surface area contributed by atoms with Crippen LogP contribution in [0, 0.1) is 5.92 Å². The van der Waals surface area contributed by atoms with E-state index in [1.807, 2.05) is 0 Å². The second-order valence-electron chi connectivity index (χ2n) is 4.64. The van der Waals surface area contributed by atoms with Gasteiger partial charge in [0.15, 0.2) is 0 Å². The molecule has 1 unspecified atom stereocenters. The van der Waals surface area contributed by atoms with E-state index in [4.69, 9.17) is 4.74 Å². The third-order valence-corrected chi connectivity index (χ3v) is 3.49. The Labute approximate surface area is 88.4 Å². The Kier molecular flexibility index (Phi) is 5.49. The molecule has 84 valence electrons. The third kappa shape index (κ3) is 3.97. The van der Waals surface area contributed by atoms with E-state index in [9.17, 15) is 0 Å². The van der Waals surface area contributed by atoms with Crippen LogP contribution in [0.25, 0.3) is 0 Å². The maximum absolute atomic E-state index is 5.23. The molecule has 2 nitrogen and oxygen atoms in total. The van der Waals surface area contributed by atoms with Crippen LogP contribution in [0.15, 0.2) is 0 Å². The molecular weight excluding hydrogens is 174 g/mol. The van der Waals surface area contributed by atoms with Crippen molar-refractivity contribution in [1.29, 1.82) is 0 Å². The van der Waals surface area contributed by atoms with Crippen molar-refractivity contribution in [3.05, 3.63) is 0 Å². The first-order valence-electron chi connectivity index (χ1n) is 6.00. The van der Waals surface area contributed by atoms with Gasteiger partial charge in [0, 0.05) is 19.7 Å². The van der Waals surface area contributed by atoms with Gasteiger partial charge in [-0.2, -0.15) is 0 Å². The first kappa shape index (κ1) is 12.0. The molecule has 1 rings (SSSR count). The van der Waals surface area contributed by atoms with E-state index >= 15 is 0 Å². The molecular formula is C12H25NO. The van der Waals surface area contributed by atoms with Crippen LogP contribution in [0.4, 0.5) is 0 Å². The van der Waals surface area contributed by atoms with E-state index in [0.717, 1.165) is 12.5 Å². The summed E-state index contributed by atoms with van der Waals surface area (Å²) in [5.74, 6) is 0.896. The highest BCUT2D eigenvalue weighted by atomic mass is 16.5. The minimum Gasteiger partial charge on any atom is -0.380 e. The normalized spacial score (nSPS) is 23.4. The Bertz CT molecular complexity index is 143. The van der Waals surface area contributed by atoms with Gasteiger partial charge >= 0.3 is 0 Å². The smallest absolute Gasteiger partial charge is 0.0667 e. The van der Waals surface area contributed by atoms with Crippen molar-refractivity contribution < 1.29 is 4.74 Å². The van der Waals surface area contributed by atoms with E-state index in [-0.39, 0.29) is 0 Å². The van der Waals surface area contributed by atoms with Crippen molar-refractivity contribution in [2.75, 3.05) is 13.7 Å². The first-order valence-corrected chi connectivity index (χ1v) is 6.00. The van der Waals surface area contributed by atoms with Crippen LogP contribution in [0.1, 0.15) is 46.0 Å². The Morgan fingerprint density at radius 3 is 2.43 bits per heavy atom. The van der Waals surface area contributed by atoms with E-state index < -0.39 is 0 Å². The fourth-order valence-corrected chi connectivity index (χ4v) is 2.24. The topological polar surface area (TPSA) is 21.3 Å². The van der Waals surface area contributed by atoms with Gasteiger partial charge in [-0.25, -0.2) is 0 Å². The van der Waals surface area contributed by atoms with Gasteiger partial charge in [-0.15, -0.1) is 0 Å². The molecule has 1 fully saturated rings. The highest BCUT2D eigenvalue weighted by molar-refractivity contribution is 4.76. The Morgan fingerprint density at radius 1 is 1.21 bits per heavy atom. The van der Waals surface area contributed by atoms with E-state index in [0.29, 0.717) is 12.1 Å². The molecule has 0 aromatic carbocycles. The van der Waals surface area contributed by atoms with Gasteiger partial charge in [-0.3, -0.25) is 0 Å². The van der Waals surface area contributed by atoms with Crippen molar-refractivity contribution in [3.8, 4) is 0 Å². The molecule has 0 spiro atoms. The summed E-state index contributed by atoms with van der Waals surface area (Å²) in [5.41, 5.74) is 0. The van der Waals surface area contributed by atoms with Crippen LogP contribution >= 0.6 is 0 Å². The minimum absolute atomic E-state index is 0.334. The molecule has 0 radical (unpaired) electrons. The van der Waals surface area contributed by atoms with Gasteiger partial charge < -0.3 is 10.1 Å². The van der Waals surface area contributed by atoms with E-state index in [1.165, 1.54) is 32.1 Å². The summed E-state index contributed by atoms with van der Waals surface area (Å²) in [4.78, 5) is 0. The van der Waals surface area contributed by atoms with Gasteiger partial charge in [-0.1, -0.05) is 19.3 Å². The predicted molar refractivity (Wildman–Crippen MR) is 60.5 cm³/mol. The summed E-state index contributed by atoms with van der Waals surface area (Å²) < 4.78 is 5.23. The zero-order valence-electron chi connectivity index (χ0n) is 9.88. The number of ether oxygens (including phenoxy) is 1. The van der Waals surface area contributed by atoms with Crippen molar-refractivity contribution in [3.63, 3.8) is 0 Å². The van der Waals surface area contributed by atoms with Crippen LogP contribution in [0.3, 0.4) is 0 Å². The molecule has 1 aliphatic carbocycles. The number of rotatable bonds is 5. The molecule has 1 N–H and O–H groups in total. The molecule has 0 heterocycles. The lowest BCUT2D eigenvalue weighted by atomic mass is 9.84. The average Bonchev–Trinajstić information content (AvgIpc) is 2.26. The highest BCUT2D eigenvalue weighted by Crippen LogP contribution is 2.26. The molecule has 0 aromatic heterocycles. The standard InChI is InChI=1S/C12H25NO/c1-10(14-3)9-13-11(2)12-7-5-4-6-8-12/h10-13H,4-9H2,1-3H3/t10?,11-/m1/s1. The zero-order valence-corrected chi connectivity index (χ0v) is 9.88. The van der Waals surface area contributed by atoms with Crippen LogP contribution in [-0.4, -0.2) is 25.8 Å². The van der Waals surface area contributed by atoms with Crippen molar-refractivity contribution >= 4 is 0 Å². The summed E-state index contributed by atoms with van der Waals surface area (Å²) in [6.45, 7) is 5.41. The zero-order chi connectivity index (χ0) is 10.4. The van der Waals surface area contributed by atoms with Gasteiger partial charge in [-0.05, 0) is 32.6 Å². The molecule has 0 bridgehead atoms. The largest absolute Gasteiger partial charge is 0.380 e. The van der Waals surface area contributed by atoms with Gasteiger partial charge in [0.2, 0.25) is 0 Å². The lowest BCUT2D eigenvalue weighted by Gasteiger charge is -2.29. The second-order valence-corrected chi connectivity index (χ2v) is 4.64.